The van der Waals surface area contributed by atoms with Gasteiger partial charge < -0.3 is 5.32 Å². The summed E-state index contributed by atoms with van der Waals surface area (Å²) >= 11 is 3.05. The number of nitrogens with one attached hydrogen (secondary N) is 1. The van der Waals surface area contributed by atoms with Crippen LogP contribution >= 0.6 is 23.1 Å². The highest BCUT2D eigenvalue weighted by molar-refractivity contribution is 8.00. The quantitative estimate of drug-likeness (QED) is 0.705. The highest BCUT2D eigenvalue weighted by atomic mass is 32.2. The van der Waals surface area contributed by atoms with E-state index >= 15 is 0 Å². The van der Waals surface area contributed by atoms with Crippen molar-refractivity contribution in [1.29, 1.82) is 0 Å². The van der Waals surface area contributed by atoms with Crippen LogP contribution in [0.3, 0.4) is 0 Å². The van der Waals surface area contributed by atoms with E-state index < -0.39 is 0 Å². The van der Waals surface area contributed by atoms with E-state index in [0.717, 1.165) is 20.2 Å². The molecule has 0 atom stereocenters. The van der Waals surface area contributed by atoms with Crippen LogP contribution in [0.2, 0.25) is 0 Å². The van der Waals surface area contributed by atoms with E-state index in [2.05, 4.69) is 10.3 Å². The molecule has 0 aliphatic carbocycles. The molecule has 0 aliphatic rings. The van der Waals surface area contributed by atoms with Crippen molar-refractivity contribution >= 4 is 44.9 Å². The van der Waals surface area contributed by atoms with Gasteiger partial charge in [0.05, 0.1) is 10.2 Å². The van der Waals surface area contributed by atoms with Gasteiger partial charge in [0.1, 0.15) is 5.82 Å². The molecule has 1 amide bonds. The molecule has 0 radical (unpaired) electrons. The number of nitrogens with zero attached hydrogens (tertiary/aromatic N) is 1. The van der Waals surface area contributed by atoms with Crippen molar-refractivity contribution in [2.24, 2.45) is 0 Å². The Balaban J connectivity index is 1.77. The molecule has 112 valence electrons. The lowest BCUT2D eigenvalue weighted by molar-refractivity contribution is -0.114. The number of benzene rings is 2. The molecule has 0 unspecified atom stereocenters. The summed E-state index contributed by atoms with van der Waals surface area (Å²) in [4.78, 5) is 15.6. The fraction of sp³-hybridized carbons (Fsp3) is 0.125. The average molecular weight is 332 g/mol. The molecule has 0 saturated carbocycles. The van der Waals surface area contributed by atoms with Gasteiger partial charge in [-0.15, -0.1) is 11.3 Å². The molecule has 3 aromatic rings. The average Bonchev–Trinajstić information content (AvgIpc) is 2.88. The van der Waals surface area contributed by atoms with Crippen molar-refractivity contribution in [2.75, 3.05) is 5.32 Å². The van der Waals surface area contributed by atoms with Crippen molar-refractivity contribution in [3.8, 4) is 0 Å². The van der Waals surface area contributed by atoms with Crippen LogP contribution in [-0.4, -0.2) is 10.9 Å². The number of fused-ring (bicyclic) bond motifs is 1. The Labute approximate surface area is 135 Å². The van der Waals surface area contributed by atoms with Crippen molar-refractivity contribution in [2.45, 2.75) is 17.0 Å². The van der Waals surface area contributed by atoms with E-state index in [9.17, 15) is 9.18 Å². The molecule has 0 aliphatic heterocycles. The Bertz CT molecular complexity index is 832. The predicted molar refractivity (Wildman–Crippen MR) is 89.9 cm³/mol. The van der Waals surface area contributed by atoms with E-state index in [1.807, 2.05) is 24.3 Å². The molecule has 1 N–H and O–H groups in total. The van der Waals surface area contributed by atoms with Gasteiger partial charge in [0.15, 0.2) is 4.34 Å². The summed E-state index contributed by atoms with van der Waals surface area (Å²) in [6, 6.07) is 12.4. The van der Waals surface area contributed by atoms with Gasteiger partial charge in [-0.1, -0.05) is 30.0 Å². The molecule has 3 rings (SSSR count). The van der Waals surface area contributed by atoms with Crippen molar-refractivity contribution in [3.05, 3.63) is 53.8 Å². The molecule has 0 bridgehead atoms. The highest BCUT2D eigenvalue weighted by Crippen LogP contribution is 2.33. The van der Waals surface area contributed by atoms with Crippen molar-refractivity contribution in [1.82, 2.24) is 4.98 Å². The first-order valence-corrected chi connectivity index (χ1v) is 8.46. The van der Waals surface area contributed by atoms with Crippen LogP contribution < -0.4 is 5.32 Å². The maximum Gasteiger partial charge on any atom is 0.221 e. The highest BCUT2D eigenvalue weighted by Gasteiger charge is 2.08. The van der Waals surface area contributed by atoms with E-state index in [0.29, 0.717) is 11.3 Å². The lowest BCUT2D eigenvalue weighted by Gasteiger charge is -2.00. The van der Waals surface area contributed by atoms with E-state index in [1.165, 1.54) is 24.8 Å². The number of rotatable bonds is 4. The topological polar surface area (TPSA) is 42.0 Å². The van der Waals surface area contributed by atoms with Crippen LogP contribution in [0.15, 0.2) is 46.8 Å². The summed E-state index contributed by atoms with van der Waals surface area (Å²) in [6.45, 7) is 1.48. The van der Waals surface area contributed by atoms with Crippen LogP contribution in [0.4, 0.5) is 10.1 Å². The number of thioether (sulfide) groups is 1. The lowest BCUT2D eigenvalue weighted by Crippen LogP contribution is -2.05. The third-order valence-electron chi connectivity index (χ3n) is 3.00. The lowest BCUT2D eigenvalue weighted by atomic mass is 10.2. The van der Waals surface area contributed by atoms with Gasteiger partial charge in [-0.25, -0.2) is 9.37 Å². The van der Waals surface area contributed by atoms with Crippen LogP contribution in [0, 0.1) is 5.82 Å². The Kier molecular flexibility index (Phi) is 4.40. The van der Waals surface area contributed by atoms with E-state index in [-0.39, 0.29) is 11.7 Å². The van der Waals surface area contributed by atoms with Crippen LogP contribution in [-0.2, 0) is 10.5 Å². The maximum absolute atomic E-state index is 13.6. The number of carbonyl (C=O) groups excluding carboxylic acids is 1. The van der Waals surface area contributed by atoms with E-state index in [4.69, 9.17) is 0 Å². The van der Waals surface area contributed by atoms with Gasteiger partial charge in [-0.05, 0) is 29.8 Å². The summed E-state index contributed by atoms with van der Waals surface area (Å²) in [5.74, 6) is 0.257. The van der Waals surface area contributed by atoms with Crippen LogP contribution in [0.1, 0.15) is 12.5 Å². The van der Waals surface area contributed by atoms with Crippen LogP contribution in [0.25, 0.3) is 10.2 Å². The van der Waals surface area contributed by atoms with Crippen molar-refractivity contribution in [3.63, 3.8) is 0 Å². The first-order valence-electron chi connectivity index (χ1n) is 6.66. The third kappa shape index (κ3) is 3.45. The van der Waals surface area contributed by atoms with Gasteiger partial charge in [0, 0.05) is 18.4 Å². The van der Waals surface area contributed by atoms with Gasteiger partial charge in [-0.3, -0.25) is 4.79 Å². The number of hydrogen-bond donors (Lipinski definition) is 1. The minimum Gasteiger partial charge on any atom is -0.326 e. The number of aromatic nitrogens is 1. The summed E-state index contributed by atoms with van der Waals surface area (Å²) in [5, 5.41) is 2.76. The fourth-order valence-electron chi connectivity index (χ4n) is 2.00. The van der Waals surface area contributed by atoms with Gasteiger partial charge in [-0.2, -0.15) is 0 Å². The van der Waals surface area contributed by atoms with Crippen molar-refractivity contribution < 1.29 is 9.18 Å². The second-order valence-electron chi connectivity index (χ2n) is 4.72. The Morgan fingerprint density at radius 3 is 2.91 bits per heavy atom. The number of thiazole rings is 1. The minimum atomic E-state index is -0.191. The molecule has 22 heavy (non-hydrogen) atoms. The first kappa shape index (κ1) is 15.0. The Hall–Kier alpha value is -1.92. The van der Waals surface area contributed by atoms with Gasteiger partial charge in [0.25, 0.3) is 0 Å². The second kappa shape index (κ2) is 6.46. The summed E-state index contributed by atoms with van der Waals surface area (Å²) in [5.41, 5.74) is 2.31. The normalized spacial score (nSPS) is 10.8. The molecule has 2 aromatic carbocycles. The Morgan fingerprint density at radius 1 is 1.32 bits per heavy atom. The number of amides is 1. The zero-order chi connectivity index (χ0) is 15.5. The SMILES string of the molecule is CC(=O)Nc1ccc2nc(SCc3ccccc3F)sc2c1. The van der Waals surface area contributed by atoms with Crippen LogP contribution in [0.5, 0.6) is 0 Å². The zero-order valence-corrected chi connectivity index (χ0v) is 13.4. The molecule has 3 nitrogen and oxygen atoms in total. The predicted octanol–water partition coefficient (Wildman–Crippen LogP) is 4.69. The summed E-state index contributed by atoms with van der Waals surface area (Å²) in [7, 11) is 0. The molecule has 0 spiro atoms. The monoisotopic (exact) mass is 332 g/mol. The minimum absolute atomic E-state index is 0.0991. The molecular formula is C16H13FN2OS2. The largest absolute Gasteiger partial charge is 0.326 e. The third-order valence-corrected chi connectivity index (χ3v) is 5.21. The first-order chi connectivity index (χ1) is 10.6. The van der Waals surface area contributed by atoms with Gasteiger partial charge >= 0.3 is 0 Å². The number of carbonyl (C=O) groups is 1. The summed E-state index contributed by atoms with van der Waals surface area (Å²) in [6.07, 6.45) is 0. The second-order valence-corrected chi connectivity index (χ2v) is 6.98. The number of hydrogen-bond acceptors (Lipinski definition) is 4. The molecular weight excluding hydrogens is 319 g/mol. The number of halogens is 1. The maximum atomic E-state index is 13.6. The molecule has 0 saturated heterocycles. The Morgan fingerprint density at radius 2 is 2.14 bits per heavy atom. The zero-order valence-electron chi connectivity index (χ0n) is 11.8. The smallest absolute Gasteiger partial charge is 0.221 e. The standard InChI is InChI=1S/C16H13FN2OS2/c1-10(20)18-12-6-7-14-15(8-12)22-16(19-14)21-9-11-4-2-3-5-13(11)17/h2-8H,9H2,1H3,(H,18,20). The molecule has 0 fully saturated rings. The fourth-order valence-corrected chi connectivity index (χ4v) is 4.10. The molecule has 6 heteroatoms. The molecule has 1 aromatic heterocycles. The van der Waals surface area contributed by atoms with E-state index in [1.54, 1.807) is 23.5 Å². The molecule has 1 heterocycles. The summed E-state index contributed by atoms with van der Waals surface area (Å²) < 4.78 is 15.5. The van der Waals surface area contributed by atoms with Gasteiger partial charge in [0.2, 0.25) is 5.91 Å². The number of anilines is 1.